The molecule has 1 fully saturated rings. The Bertz CT molecular complexity index is 456. The molecule has 0 radical (unpaired) electrons. The van der Waals surface area contributed by atoms with E-state index in [1.165, 1.54) is 0 Å². The predicted octanol–water partition coefficient (Wildman–Crippen LogP) is 0.581. The third kappa shape index (κ3) is 2.47. The molecule has 0 aliphatic carbocycles. The van der Waals surface area contributed by atoms with Crippen LogP contribution in [0.2, 0.25) is 0 Å². The van der Waals surface area contributed by atoms with Gasteiger partial charge in [0.15, 0.2) is 0 Å². The van der Waals surface area contributed by atoms with Crippen LogP contribution in [0.3, 0.4) is 0 Å². The topological polar surface area (TPSA) is 62.4 Å². The standard InChI is InChI=1S/C13H17N3O2/c17-13-6-9-5-10(1-2-12(9)16-13)15-8-11-7-14-3-4-18-11/h1-2,5,11,14-15H,3-4,6-8H2,(H,16,17). The summed E-state index contributed by atoms with van der Waals surface area (Å²) in [7, 11) is 0. The number of hydrogen-bond donors (Lipinski definition) is 3. The van der Waals surface area contributed by atoms with E-state index in [-0.39, 0.29) is 12.0 Å². The Balaban J connectivity index is 1.60. The second-order valence-corrected chi connectivity index (χ2v) is 4.67. The van der Waals surface area contributed by atoms with Gasteiger partial charge in [0.1, 0.15) is 0 Å². The fourth-order valence-corrected chi connectivity index (χ4v) is 2.32. The highest BCUT2D eigenvalue weighted by Gasteiger charge is 2.18. The molecule has 18 heavy (non-hydrogen) atoms. The zero-order valence-corrected chi connectivity index (χ0v) is 10.2. The Morgan fingerprint density at radius 1 is 1.44 bits per heavy atom. The molecule has 3 N–H and O–H groups in total. The van der Waals surface area contributed by atoms with Crippen molar-refractivity contribution < 1.29 is 9.53 Å². The lowest BCUT2D eigenvalue weighted by atomic mass is 10.1. The van der Waals surface area contributed by atoms with Gasteiger partial charge < -0.3 is 20.7 Å². The first-order chi connectivity index (χ1) is 8.81. The molecule has 1 aromatic carbocycles. The third-order valence-corrected chi connectivity index (χ3v) is 3.27. The number of anilines is 2. The minimum absolute atomic E-state index is 0.0713. The minimum Gasteiger partial charge on any atom is -0.382 e. The second-order valence-electron chi connectivity index (χ2n) is 4.67. The molecule has 2 aliphatic heterocycles. The van der Waals surface area contributed by atoms with Crippen LogP contribution in [0.5, 0.6) is 0 Å². The van der Waals surface area contributed by atoms with Gasteiger partial charge in [-0.15, -0.1) is 0 Å². The normalized spacial score (nSPS) is 22.4. The lowest BCUT2D eigenvalue weighted by Crippen LogP contribution is -2.42. The lowest BCUT2D eigenvalue weighted by Gasteiger charge is -2.24. The van der Waals surface area contributed by atoms with E-state index < -0.39 is 0 Å². The summed E-state index contributed by atoms with van der Waals surface area (Å²) in [6.07, 6.45) is 0.693. The number of hydrogen-bond acceptors (Lipinski definition) is 4. The Morgan fingerprint density at radius 2 is 2.39 bits per heavy atom. The lowest BCUT2D eigenvalue weighted by molar-refractivity contribution is -0.115. The van der Waals surface area contributed by atoms with Gasteiger partial charge in [-0.25, -0.2) is 0 Å². The van der Waals surface area contributed by atoms with Crippen molar-refractivity contribution in [2.24, 2.45) is 0 Å². The first kappa shape index (κ1) is 11.5. The molecule has 2 aliphatic rings. The maximum absolute atomic E-state index is 11.3. The smallest absolute Gasteiger partial charge is 0.228 e. The van der Waals surface area contributed by atoms with Gasteiger partial charge in [-0.2, -0.15) is 0 Å². The molecule has 2 heterocycles. The van der Waals surface area contributed by atoms with Crippen molar-refractivity contribution in [1.29, 1.82) is 0 Å². The maximum Gasteiger partial charge on any atom is 0.228 e. The Labute approximate surface area is 106 Å². The summed E-state index contributed by atoms with van der Waals surface area (Å²) in [6.45, 7) is 3.38. The summed E-state index contributed by atoms with van der Waals surface area (Å²) >= 11 is 0. The van der Waals surface area contributed by atoms with Gasteiger partial charge in [0.2, 0.25) is 5.91 Å². The molecule has 1 atom stereocenters. The highest BCUT2D eigenvalue weighted by Crippen LogP contribution is 2.25. The Hall–Kier alpha value is -1.59. The first-order valence-electron chi connectivity index (χ1n) is 6.30. The van der Waals surface area contributed by atoms with Crippen LogP contribution in [0.25, 0.3) is 0 Å². The highest BCUT2D eigenvalue weighted by atomic mass is 16.5. The number of rotatable bonds is 3. The zero-order valence-electron chi connectivity index (χ0n) is 10.2. The van der Waals surface area contributed by atoms with E-state index in [4.69, 9.17) is 4.74 Å². The van der Waals surface area contributed by atoms with Crippen LogP contribution >= 0.6 is 0 Å². The largest absolute Gasteiger partial charge is 0.382 e. The van der Waals surface area contributed by atoms with Crippen molar-refractivity contribution in [2.45, 2.75) is 12.5 Å². The Morgan fingerprint density at radius 3 is 3.22 bits per heavy atom. The van der Waals surface area contributed by atoms with Gasteiger partial charge >= 0.3 is 0 Å². The van der Waals surface area contributed by atoms with Crippen LogP contribution in [0.4, 0.5) is 11.4 Å². The maximum atomic E-state index is 11.3. The Kier molecular flexibility index (Phi) is 3.17. The van der Waals surface area contributed by atoms with Crippen molar-refractivity contribution in [3.05, 3.63) is 23.8 Å². The van der Waals surface area contributed by atoms with E-state index in [0.29, 0.717) is 6.42 Å². The number of benzene rings is 1. The van der Waals surface area contributed by atoms with E-state index in [9.17, 15) is 4.79 Å². The highest BCUT2D eigenvalue weighted by molar-refractivity contribution is 5.99. The van der Waals surface area contributed by atoms with E-state index >= 15 is 0 Å². The van der Waals surface area contributed by atoms with Crippen molar-refractivity contribution in [3.8, 4) is 0 Å². The van der Waals surface area contributed by atoms with Crippen LogP contribution < -0.4 is 16.0 Å². The van der Waals surface area contributed by atoms with Gasteiger partial charge in [-0.1, -0.05) is 0 Å². The predicted molar refractivity (Wildman–Crippen MR) is 69.9 cm³/mol. The van der Waals surface area contributed by atoms with Gasteiger partial charge in [0, 0.05) is 31.0 Å². The summed E-state index contributed by atoms with van der Waals surface area (Å²) in [5.41, 5.74) is 3.04. The van der Waals surface area contributed by atoms with E-state index in [0.717, 1.165) is 43.2 Å². The van der Waals surface area contributed by atoms with Gasteiger partial charge in [0.05, 0.1) is 19.1 Å². The van der Waals surface area contributed by atoms with E-state index in [2.05, 4.69) is 16.0 Å². The van der Waals surface area contributed by atoms with E-state index in [1.54, 1.807) is 0 Å². The molecule has 1 saturated heterocycles. The molecule has 0 aromatic heterocycles. The first-order valence-corrected chi connectivity index (χ1v) is 6.30. The fraction of sp³-hybridized carbons (Fsp3) is 0.462. The third-order valence-electron chi connectivity index (χ3n) is 3.27. The molecule has 0 saturated carbocycles. The number of carbonyl (C=O) groups is 1. The van der Waals surface area contributed by atoms with Gasteiger partial charge in [-0.3, -0.25) is 4.79 Å². The van der Waals surface area contributed by atoms with E-state index in [1.807, 2.05) is 18.2 Å². The number of carbonyl (C=O) groups excluding carboxylic acids is 1. The summed E-state index contributed by atoms with van der Waals surface area (Å²) in [5.74, 6) is 0.0713. The minimum atomic E-state index is 0.0713. The number of amides is 1. The molecule has 1 amide bonds. The van der Waals surface area contributed by atoms with Crippen molar-refractivity contribution in [3.63, 3.8) is 0 Å². The monoisotopic (exact) mass is 247 g/mol. The number of morpholine rings is 1. The number of nitrogens with one attached hydrogen (secondary N) is 3. The molecule has 1 unspecified atom stereocenters. The molecule has 1 aromatic rings. The summed E-state index contributed by atoms with van der Waals surface area (Å²) in [6, 6.07) is 5.97. The quantitative estimate of drug-likeness (QED) is 0.731. The summed E-state index contributed by atoms with van der Waals surface area (Å²) < 4.78 is 5.62. The summed E-state index contributed by atoms with van der Waals surface area (Å²) in [4.78, 5) is 11.3. The molecule has 3 rings (SSSR count). The van der Waals surface area contributed by atoms with Crippen molar-refractivity contribution in [1.82, 2.24) is 5.32 Å². The van der Waals surface area contributed by atoms with Crippen LogP contribution in [0.15, 0.2) is 18.2 Å². The molecule has 5 heteroatoms. The number of fused-ring (bicyclic) bond motifs is 1. The SMILES string of the molecule is O=C1Cc2cc(NCC3CNCCO3)ccc2N1. The van der Waals surface area contributed by atoms with Crippen LogP contribution in [-0.2, 0) is 16.0 Å². The molecule has 0 bridgehead atoms. The van der Waals surface area contributed by atoms with Gasteiger partial charge in [-0.05, 0) is 23.8 Å². The molecule has 0 spiro atoms. The van der Waals surface area contributed by atoms with Crippen molar-refractivity contribution >= 4 is 17.3 Å². The van der Waals surface area contributed by atoms with Crippen LogP contribution in [-0.4, -0.2) is 38.3 Å². The zero-order chi connectivity index (χ0) is 12.4. The number of ether oxygens (including phenoxy) is 1. The second kappa shape index (κ2) is 4.96. The summed E-state index contributed by atoms with van der Waals surface area (Å²) in [5, 5.41) is 9.48. The average molecular weight is 247 g/mol. The van der Waals surface area contributed by atoms with Crippen LogP contribution in [0.1, 0.15) is 5.56 Å². The average Bonchev–Trinajstić information content (AvgIpc) is 2.77. The fourth-order valence-electron chi connectivity index (χ4n) is 2.32. The van der Waals surface area contributed by atoms with Crippen molar-refractivity contribution in [2.75, 3.05) is 36.9 Å². The van der Waals surface area contributed by atoms with Gasteiger partial charge in [0.25, 0.3) is 0 Å². The molecular formula is C13H17N3O2. The molecular weight excluding hydrogens is 230 g/mol. The molecule has 96 valence electrons. The molecule has 5 nitrogen and oxygen atoms in total. The van der Waals surface area contributed by atoms with Crippen LogP contribution in [0, 0.1) is 0 Å².